The van der Waals surface area contributed by atoms with Crippen molar-refractivity contribution in [3.05, 3.63) is 113 Å². The molecule has 0 radical (unpaired) electrons. The van der Waals surface area contributed by atoms with Crippen molar-refractivity contribution in [3.63, 3.8) is 0 Å². The molecule has 1 heteroatoms. The molecule has 1 saturated carbocycles. The molecule has 1 aliphatic rings. The van der Waals surface area contributed by atoms with E-state index in [2.05, 4.69) is 60.7 Å². The SMILES string of the molecule is O[C@H](C[C@H]1CCC1=C(c1ccccc1)c1ccccc1)c1ccccc1. The maximum absolute atomic E-state index is 10.7. The molecule has 1 nitrogen and oxygen atoms in total. The van der Waals surface area contributed by atoms with E-state index >= 15 is 0 Å². The Bertz CT molecular complexity index is 824. The van der Waals surface area contributed by atoms with E-state index in [1.165, 1.54) is 22.3 Å². The normalized spacial score (nSPS) is 17.4. The first-order valence-electron chi connectivity index (χ1n) is 9.40. The fourth-order valence-corrected chi connectivity index (χ4v) is 3.91. The number of aliphatic hydroxyl groups is 1. The van der Waals surface area contributed by atoms with Gasteiger partial charge < -0.3 is 5.11 Å². The van der Waals surface area contributed by atoms with Gasteiger partial charge in [0.05, 0.1) is 6.10 Å². The molecule has 1 N–H and O–H groups in total. The topological polar surface area (TPSA) is 20.2 Å². The molecule has 3 aromatic carbocycles. The Morgan fingerprint density at radius 1 is 0.769 bits per heavy atom. The molecule has 0 bridgehead atoms. The van der Waals surface area contributed by atoms with Crippen molar-refractivity contribution in [2.24, 2.45) is 5.92 Å². The van der Waals surface area contributed by atoms with E-state index in [9.17, 15) is 5.11 Å². The Balaban J connectivity index is 1.67. The highest BCUT2D eigenvalue weighted by Crippen LogP contribution is 2.45. The molecule has 0 amide bonds. The predicted octanol–water partition coefficient (Wildman–Crippen LogP) is 6.02. The van der Waals surface area contributed by atoms with Gasteiger partial charge in [0.15, 0.2) is 0 Å². The van der Waals surface area contributed by atoms with Crippen LogP contribution in [0.1, 0.15) is 42.1 Å². The third-order valence-corrected chi connectivity index (χ3v) is 5.39. The first-order valence-corrected chi connectivity index (χ1v) is 9.40. The number of rotatable bonds is 5. The smallest absolute Gasteiger partial charge is 0.0795 e. The van der Waals surface area contributed by atoms with Gasteiger partial charge in [0.1, 0.15) is 0 Å². The van der Waals surface area contributed by atoms with Crippen LogP contribution in [0.15, 0.2) is 96.6 Å². The minimum Gasteiger partial charge on any atom is -0.388 e. The number of hydrogen-bond acceptors (Lipinski definition) is 1. The van der Waals surface area contributed by atoms with E-state index in [0.29, 0.717) is 5.92 Å². The van der Waals surface area contributed by atoms with Gasteiger partial charge in [-0.2, -0.15) is 0 Å². The fraction of sp³-hybridized carbons (Fsp3) is 0.200. The summed E-state index contributed by atoms with van der Waals surface area (Å²) in [6.45, 7) is 0. The average Bonchev–Trinajstić information content (AvgIpc) is 2.71. The minimum atomic E-state index is -0.399. The summed E-state index contributed by atoms with van der Waals surface area (Å²) in [6.07, 6.45) is 2.67. The molecule has 4 rings (SSSR count). The Morgan fingerprint density at radius 3 is 1.73 bits per heavy atom. The summed E-state index contributed by atoms with van der Waals surface area (Å²) in [4.78, 5) is 0. The minimum absolute atomic E-state index is 0.399. The van der Waals surface area contributed by atoms with Crippen molar-refractivity contribution >= 4 is 5.57 Å². The molecule has 0 heterocycles. The Morgan fingerprint density at radius 2 is 1.27 bits per heavy atom. The second-order valence-electron chi connectivity index (χ2n) is 7.03. The zero-order valence-electron chi connectivity index (χ0n) is 14.9. The lowest BCUT2D eigenvalue weighted by Gasteiger charge is -2.35. The molecule has 0 spiro atoms. The summed E-state index contributed by atoms with van der Waals surface area (Å²) >= 11 is 0. The molecule has 130 valence electrons. The Kier molecular flexibility index (Phi) is 4.99. The van der Waals surface area contributed by atoms with Gasteiger partial charge in [0, 0.05) is 0 Å². The van der Waals surface area contributed by atoms with Gasteiger partial charge in [-0.15, -0.1) is 0 Å². The van der Waals surface area contributed by atoms with Crippen LogP contribution in [0.25, 0.3) is 5.57 Å². The lowest BCUT2D eigenvalue weighted by Crippen LogP contribution is -2.20. The predicted molar refractivity (Wildman–Crippen MR) is 108 cm³/mol. The van der Waals surface area contributed by atoms with E-state index in [-0.39, 0.29) is 0 Å². The van der Waals surface area contributed by atoms with Crippen LogP contribution in [-0.4, -0.2) is 5.11 Å². The number of benzene rings is 3. The van der Waals surface area contributed by atoms with E-state index in [4.69, 9.17) is 0 Å². The summed E-state index contributed by atoms with van der Waals surface area (Å²) in [5.74, 6) is 0.445. The van der Waals surface area contributed by atoms with Crippen LogP contribution in [0.5, 0.6) is 0 Å². The summed E-state index contributed by atoms with van der Waals surface area (Å²) in [5, 5.41) is 10.7. The van der Waals surface area contributed by atoms with Gasteiger partial charge >= 0.3 is 0 Å². The van der Waals surface area contributed by atoms with Gasteiger partial charge in [0.25, 0.3) is 0 Å². The number of aliphatic hydroxyl groups excluding tert-OH is 1. The maximum Gasteiger partial charge on any atom is 0.0795 e. The summed E-state index contributed by atoms with van der Waals surface area (Å²) < 4.78 is 0. The number of allylic oxidation sites excluding steroid dienone is 1. The lowest BCUT2D eigenvalue weighted by atomic mass is 9.71. The van der Waals surface area contributed by atoms with Crippen molar-refractivity contribution in [2.75, 3.05) is 0 Å². The zero-order chi connectivity index (χ0) is 17.8. The molecule has 26 heavy (non-hydrogen) atoms. The van der Waals surface area contributed by atoms with Crippen LogP contribution < -0.4 is 0 Å². The molecule has 3 aromatic rings. The van der Waals surface area contributed by atoms with E-state index in [1.54, 1.807) is 0 Å². The second kappa shape index (κ2) is 7.72. The third-order valence-electron chi connectivity index (χ3n) is 5.39. The van der Waals surface area contributed by atoms with Crippen molar-refractivity contribution < 1.29 is 5.11 Å². The van der Waals surface area contributed by atoms with Crippen molar-refractivity contribution in [2.45, 2.75) is 25.4 Å². The first-order chi connectivity index (χ1) is 12.8. The van der Waals surface area contributed by atoms with Crippen LogP contribution in [0.3, 0.4) is 0 Å². The van der Waals surface area contributed by atoms with Crippen molar-refractivity contribution in [1.82, 2.24) is 0 Å². The Labute approximate surface area is 155 Å². The summed E-state index contributed by atoms with van der Waals surface area (Å²) in [5.41, 5.74) is 6.39. The fourth-order valence-electron chi connectivity index (χ4n) is 3.91. The molecule has 2 atom stereocenters. The third kappa shape index (κ3) is 3.49. The van der Waals surface area contributed by atoms with Crippen molar-refractivity contribution in [3.8, 4) is 0 Å². The number of hydrogen-bond donors (Lipinski definition) is 1. The van der Waals surface area contributed by atoms with Gasteiger partial charge in [-0.25, -0.2) is 0 Å². The standard InChI is InChI=1S/C25H24O/c26-24(19-10-4-1-5-11-19)18-22-16-17-23(22)25(20-12-6-2-7-13-20)21-14-8-3-9-15-21/h1-15,22,24,26H,16-18H2/t22-,24-/m1/s1. The summed E-state index contributed by atoms with van der Waals surface area (Å²) in [6, 6.07) is 31.3. The molecule has 1 aliphatic carbocycles. The zero-order valence-corrected chi connectivity index (χ0v) is 14.9. The molecule has 0 unspecified atom stereocenters. The van der Waals surface area contributed by atoms with Crippen LogP contribution in [0, 0.1) is 5.92 Å². The highest BCUT2D eigenvalue weighted by Gasteiger charge is 2.30. The molecule has 0 aliphatic heterocycles. The lowest BCUT2D eigenvalue weighted by molar-refractivity contribution is 0.139. The van der Waals surface area contributed by atoms with Crippen molar-refractivity contribution in [1.29, 1.82) is 0 Å². The molecular weight excluding hydrogens is 316 g/mol. The summed E-state index contributed by atoms with van der Waals surface area (Å²) in [7, 11) is 0. The largest absolute Gasteiger partial charge is 0.388 e. The van der Waals surface area contributed by atoms with E-state index in [0.717, 1.165) is 24.8 Å². The molecule has 0 aromatic heterocycles. The van der Waals surface area contributed by atoms with Gasteiger partial charge in [-0.1, -0.05) is 96.6 Å². The molecule has 1 fully saturated rings. The quantitative estimate of drug-likeness (QED) is 0.602. The molecular formula is C25H24O. The van der Waals surface area contributed by atoms with Gasteiger partial charge in [0.2, 0.25) is 0 Å². The van der Waals surface area contributed by atoms with Crippen LogP contribution >= 0.6 is 0 Å². The van der Waals surface area contributed by atoms with Crippen LogP contribution in [0.4, 0.5) is 0 Å². The monoisotopic (exact) mass is 340 g/mol. The van der Waals surface area contributed by atoms with E-state index in [1.807, 2.05) is 30.3 Å². The maximum atomic E-state index is 10.7. The van der Waals surface area contributed by atoms with Crippen LogP contribution in [0.2, 0.25) is 0 Å². The highest BCUT2D eigenvalue weighted by atomic mass is 16.3. The van der Waals surface area contributed by atoms with Crippen LogP contribution in [-0.2, 0) is 0 Å². The average molecular weight is 340 g/mol. The van der Waals surface area contributed by atoms with Gasteiger partial charge in [-0.3, -0.25) is 0 Å². The van der Waals surface area contributed by atoms with Gasteiger partial charge in [-0.05, 0) is 47.4 Å². The Hall–Kier alpha value is -2.64. The van der Waals surface area contributed by atoms with E-state index < -0.39 is 6.10 Å². The first kappa shape index (κ1) is 16.8. The second-order valence-corrected chi connectivity index (χ2v) is 7.03. The molecule has 0 saturated heterocycles. The highest BCUT2D eigenvalue weighted by molar-refractivity contribution is 5.83.